The molecular weight excluding hydrogens is 272 g/mol. The van der Waals surface area contributed by atoms with Gasteiger partial charge in [-0.05, 0) is 25.0 Å². The number of anilines is 1. The van der Waals surface area contributed by atoms with Crippen molar-refractivity contribution in [3.8, 4) is 0 Å². The summed E-state index contributed by atoms with van der Waals surface area (Å²) < 4.78 is 0. The van der Waals surface area contributed by atoms with E-state index in [9.17, 15) is 14.9 Å². The minimum atomic E-state index is -0.869. The third-order valence-corrected chi connectivity index (χ3v) is 3.57. The predicted molar refractivity (Wildman–Crippen MR) is 70.5 cm³/mol. The molecule has 0 bridgehead atoms. The van der Waals surface area contributed by atoms with Gasteiger partial charge in [0.2, 0.25) is 0 Å². The predicted octanol–water partition coefficient (Wildman–Crippen LogP) is 2.91. The Hall–Kier alpha value is -1.82. The van der Waals surface area contributed by atoms with Crippen molar-refractivity contribution >= 4 is 28.9 Å². The normalized spacial score (nSPS) is 22.2. The van der Waals surface area contributed by atoms with Crippen LogP contribution >= 0.6 is 11.6 Å². The van der Waals surface area contributed by atoms with Crippen molar-refractivity contribution < 1.29 is 14.8 Å². The molecule has 1 aromatic carbocycles. The summed E-state index contributed by atoms with van der Waals surface area (Å²) in [5.74, 6) is -1.37. The van der Waals surface area contributed by atoms with E-state index in [2.05, 4.69) is 5.32 Å². The van der Waals surface area contributed by atoms with Gasteiger partial charge in [-0.3, -0.25) is 14.9 Å². The maximum atomic E-state index is 11.1. The average Bonchev–Trinajstić information content (AvgIpc) is 2.79. The number of carbonyl (C=O) groups is 1. The number of benzene rings is 1. The number of nitrogens with zero attached hydrogens (tertiary/aromatic N) is 1. The first-order chi connectivity index (χ1) is 8.99. The quantitative estimate of drug-likeness (QED) is 0.655. The average molecular weight is 285 g/mol. The van der Waals surface area contributed by atoms with Crippen molar-refractivity contribution in [1.82, 2.24) is 0 Å². The molecule has 0 radical (unpaired) electrons. The number of aliphatic carboxylic acids is 1. The molecule has 0 heterocycles. The second-order valence-corrected chi connectivity index (χ2v) is 4.98. The maximum absolute atomic E-state index is 11.1. The first kappa shape index (κ1) is 13.6. The summed E-state index contributed by atoms with van der Waals surface area (Å²) in [6.07, 6.45) is 2.08. The number of hydrogen-bond donors (Lipinski definition) is 2. The first-order valence-electron chi connectivity index (χ1n) is 5.92. The van der Waals surface area contributed by atoms with Crippen molar-refractivity contribution in [2.45, 2.75) is 25.3 Å². The number of rotatable bonds is 4. The molecule has 1 aromatic rings. The Morgan fingerprint density at radius 2 is 2.21 bits per heavy atom. The van der Waals surface area contributed by atoms with Gasteiger partial charge in [0, 0.05) is 17.1 Å². The van der Waals surface area contributed by atoms with Crippen LogP contribution in [-0.2, 0) is 4.79 Å². The molecule has 0 amide bonds. The Balaban J connectivity index is 2.23. The fourth-order valence-electron chi connectivity index (χ4n) is 2.41. The molecule has 6 nitrogen and oxygen atoms in total. The topological polar surface area (TPSA) is 92.5 Å². The molecule has 0 spiro atoms. The molecule has 0 aromatic heterocycles. The van der Waals surface area contributed by atoms with Crippen LogP contribution in [0.3, 0.4) is 0 Å². The summed E-state index contributed by atoms with van der Waals surface area (Å²) in [5, 5.41) is 23.3. The van der Waals surface area contributed by atoms with E-state index in [1.807, 2.05) is 0 Å². The highest BCUT2D eigenvalue weighted by Crippen LogP contribution is 2.33. The van der Waals surface area contributed by atoms with E-state index < -0.39 is 16.8 Å². The molecule has 2 atom stereocenters. The molecule has 1 fully saturated rings. The van der Waals surface area contributed by atoms with Crippen LogP contribution in [0, 0.1) is 16.0 Å². The summed E-state index contributed by atoms with van der Waals surface area (Å²) >= 11 is 5.73. The van der Waals surface area contributed by atoms with E-state index >= 15 is 0 Å². The van der Waals surface area contributed by atoms with E-state index in [0.29, 0.717) is 18.5 Å². The zero-order chi connectivity index (χ0) is 14.0. The summed E-state index contributed by atoms with van der Waals surface area (Å²) in [6, 6.07) is 4.03. The van der Waals surface area contributed by atoms with Crippen molar-refractivity contribution in [2.75, 3.05) is 5.32 Å². The zero-order valence-electron chi connectivity index (χ0n) is 10.0. The third kappa shape index (κ3) is 2.96. The molecular formula is C12H13ClN2O4. The van der Waals surface area contributed by atoms with E-state index in [4.69, 9.17) is 16.7 Å². The molecule has 19 heavy (non-hydrogen) atoms. The zero-order valence-corrected chi connectivity index (χ0v) is 10.8. The van der Waals surface area contributed by atoms with Gasteiger partial charge in [-0.2, -0.15) is 0 Å². The third-order valence-electron chi connectivity index (χ3n) is 3.33. The number of nitro benzene ring substituents is 1. The molecule has 2 unspecified atom stereocenters. The molecule has 1 saturated carbocycles. The summed E-state index contributed by atoms with van der Waals surface area (Å²) in [7, 11) is 0. The number of halogens is 1. The fourth-order valence-corrected chi connectivity index (χ4v) is 2.57. The van der Waals surface area contributed by atoms with Gasteiger partial charge in [0.15, 0.2) is 0 Å². The number of nitro groups is 1. The number of carboxylic acids is 1. The lowest BCUT2D eigenvalue weighted by Crippen LogP contribution is -2.29. The largest absolute Gasteiger partial charge is 0.481 e. The molecule has 2 N–H and O–H groups in total. The van der Waals surface area contributed by atoms with Gasteiger partial charge < -0.3 is 10.4 Å². The van der Waals surface area contributed by atoms with Gasteiger partial charge in [-0.1, -0.05) is 18.0 Å². The number of carboxylic acid groups (broad SMARTS) is 1. The monoisotopic (exact) mass is 284 g/mol. The lowest BCUT2D eigenvalue weighted by atomic mass is 10.0. The van der Waals surface area contributed by atoms with Crippen LogP contribution < -0.4 is 5.32 Å². The second kappa shape index (κ2) is 5.44. The molecule has 1 aliphatic carbocycles. The van der Waals surface area contributed by atoms with Crippen LogP contribution in [-0.4, -0.2) is 22.0 Å². The minimum absolute atomic E-state index is 0.136. The van der Waals surface area contributed by atoms with Gasteiger partial charge in [0.25, 0.3) is 5.69 Å². The van der Waals surface area contributed by atoms with Crippen LogP contribution in [0.4, 0.5) is 11.4 Å². The smallest absolute Gasteiger partial charge is 0.308 e. The molecule has 2 rings (SSSR count). The fraction of sp³-hybridized carbons (Fsp3) is 0.417. The van der Waals surface area contributed by atoms with Gasteiger partial charge in [0.05, 0.1) is 10.8 Å². The first-order valence-corrected chi connectivity index (χ1v) is 6.30. The van der Waals surface area contributed by atoms with E-state index in [1.54, 1.807) is 6.07 Å². The maximum Gasteiger partial charge on any atom is 0.308 e. The van der Waals surface area contributed by atoms with E-state index in [1.165, 1.54) is 12.1 Å². The van der Waals surface area contributed by atoms with Gasteiger partial charge in [-0.15, -0.1) is 0 Å². The van der Waals surface area contributed by atoms with Crippen molar-refractivity contribution in [3.63, 3.8) is 0 Å². The van der Waals surface area contributed by atoms with Crippen LogP contribution in [0.1, 0.15) is 19.3 Å². The second-order valence-electron chi connectivity index (χ2n) is 4.55. The summed E-state index contributed by atoms with van der Waals surface area (Å²) in [6.45, 7) is 0. The summed E-state index contributed by atoms with van der Waals surface area (Å²) in [4.78, 5) is 21.5. The number of hydrogen-bond acceptors (Lipinski definition) is 4. The van der Waals surface area contributed by atoms with E-state index in [-0.39, 0.29) is 16.8 Å². The van der Waals surface area contributed by atoms with Crippen LogP contribution in [0.15, 0.2) is 18.2 Å². The van der Waals surface area contributed by atoms with Gasteiger partial charge >= 0.3 is 5.97 Å². The SMILES string of the molecule is O=C(O)C1CCCC1Nc1ccc(Cl)cc1[N+](=O)[O-]. The highest BCUT2D eigenvalue weighted by molar-refractivity contribution is 6.30. The summed E-state index contributed by atoms with van der Waals surface area (Å²) in [5.41, 5.74) is 0.177. The Bertz CT molecular complexity index is 520. The Morgan fingerprint density at radius 3 is 2.84 bits per heavy atom. The molecule has 0 aliphatic heterocycles. The van der Waals surface area contributed by atoms with E-state index in [0.717, 1.165) is 6.42 Å². The Kier molecular flexibility index (Phi) is 3.90. The highest BCUT2D eigenvalue weighted by atomic mass is 35.5. The molecule has 1 aliphatic rings. The molecule has 7 heteroatoms. The highest BCUT2D eigenvalue weighted by Gasteiger charge is 2.33. The Morgan fingerprint density at radius 1 is 1.47 bits per heavy atom. The Labute approximate surface area is 114 Å². The van der Waals surface area contributed by atoms with Crippen molar-refractivity contribution in [1.29, 1.82) is 0 Å². The van der Waals surface area contributed by atoms with Crippen LogP contribution in [0.2, 0.25) is 5.02 Å². The molecule has 0 saturated heterocycles. The van der Waals surface area contributed by atoms with Gasteiger partial charge in [-0.25, -0.2) is 0 Å². The van der Waals surface area contributed by atoms with Gasteiger partial charge in [0.1, 0.15) is 5.69 Å². The van der Waals surface area contributed by atoms with Crippen LogP contribution in [0.25, 0.3) is 0 Å². The van der Waals surface area contributed by atoms with Crippen molar-refractivity contribution in [3.05, 3.63) is 33.3 Å². The standard InChI is InChI=1S/C12H13ClN2O4/c13-7-4-5-10(11(6-7)15(18)19)14-9-3-1-2-8(9)12(16)17/h4-6,8-9,14H,1-3H2,(H,16,17). The number of nitrogens with one attached hydrogen (secondary N) is 1. The molecule has 102 valence electrons. The van der Waals surface area contributed by atoms with Crippen LogP contribution in [0.5, 0.6) is 0 Å². The minimum Gasteiger partial charge on any atom is -0.481 e. The van der Waals surface area contributed by atoms with Crippen molar-refractivity contribution in [2.24, 2.45) is 5.92 Å². The lowest BCUT2D eigenvalue weighted by molar-refractivity contribution is -0.384. The lowest BCUT2D eigenvalue weighted by Gasteiger charge is -2.18.